The van der Waals surface area contributed by atoms with Gasteiger partial charge in [0.15, 0.2) is 0 Å². The first-order chi connectivity index (χ1) is 5.17. The molecule has 0 N–H and O–H groups in total. The molecule has 2 heteroatoms. The highest BCUT2D eigenvalue weighted by atomic mass is 16.2. The largest absolute Gasteiger partial charge is 0.337 e. The summed E-state index contributed by atoms with van der Waals surface area (Å²) < 4.78 is 0. The van der Waals surface area contributed by atoms with E-state index in [1.165, 1.54) is 19.3 Å². The molecule has 0 radical (unpaired) electrons. The van der Waals surface area contributed by atoms with Crippen LogP contribution < -0.4 is 0 Å². The number of carbonyl (C=O) groups is 1. The van der Waals surface area contributed by atoms with Gasteiger partial charge in [-0.15, -0.1) is 0 Å². The molecule has 1 saturated carbocycles. The monoisotopic (exact) mass is 153 g/mol. The van der Waals surface area contributed by atoms with Crippen molar-refractivity contribution in [3.05, 3.63) is 0 Å². The molecule has 1 aliphatic heterocycles. The highest BCUT2D eigenvalue weighted by Crippen LogP contribution is 2.54. The molecule has 2 aliphatic rings. The summed E-state index contributed by atoms with van der Waals surface area (Å²) in [7, 11) is 0. The lowest BCUT2D eigenvalue weighted by Crippen LogP contribution is -2.36. The zero-order valence-electron chi connectivity index (χ0n) is 7.26. The lowest BCUT2D eigenvalue weighted by molar-refractivity contribution is -0.130. The fourth-order valence-electron chi connectivity index (χ4n) is 2.57. The lowest BCUT2D eigenvalue weighted by Gasteiger charge is -2.23. The van der Waals surface area contributed by atoms with Crippen molar-refractivity contribution in [1.29, 1.82) is 0 Å². The van der Waals surface area contributed by atoms with Crippen LogP contribution in [0.5, 0.6) is 0 Å². The van der Waals surface area contributed by atoms with E-state index in [9.17, 15) is 4.79 Å². The van der Waals surface area contributed by atoms with E-state index < -0.39 is 0 Å². The molecule has 2 nitrogen and oxygen atoms in total. The number of nitrogens with zero attached hydrogens (tertiary/aromatic N) is 1. The van der Waals surface area contributed by atoms with Gasteiger partial charge in [0.1, 0.15) is 0 Å². The first kappa shape index (κ1) is 7.14. The molecule has 0 bridgehead atoms. The van der Waals surface area contributed by atoms with Crippen LogP contribution in [0.1, 0.15) is 33.1 Å². The first-order valence-corrected chi connectivity index (χ1v) is 4.45. The Hall–Kier alpha value is -0.530. The first-order valence-electron chi connectivity index (χ1n) is 4.45. The van der Waals surface area contributed by atoms with Gasteiger partial charge in [-0.1, -0.05) is 6.92 Å². The second-order valence-electron chi connectivity index (χ2n) is 3.98. The molecule has 11 heavy (non-hydrogen) atoms. The van der Waals surface area contributed by atoms with E-state index in [0.29, 0.717) is 5.54 Å². The fraction of sp³-hybridized carbons (Fsp3) is 0.889. The molecular formula is C9H15NO. The Bertz CT molecular complexity index is 202. The van der Waals surface area contributed by atoms with Crippen LogP contribution >= 0.6 is 0 Å². The fourth-order valence-corrected chi connectivity index (χ4v) is 2.57. The third-order valence-corrected chi connectivity index (χ3v) is 3.33. The van der Waals surface area contributed by atoms with Crippen molar-refractivity contribution in [2.45, 2.75) is 38.6 Å². The SMILES string of the molecule is CC(=O)N1CCCC12C[C@H]2C. The van der Waals surface area contributed by atoms with E-state index in [0.717, 1.165) is 12.5 Å². The van der Waals surface area contributed by atoms with Crippen molar-refractivity contribution in [2.24, 2.45) is 5.92 Å². The summed E-state index contributed by atoms with van der Waals surface area (Å²) >= 11 is 0. The number of likely N-dealkylation sites (tertiary alicyclic amines) is 1. The number of carbonyl (C=O) groups excluding carboxylic acids is 1. The summed E-state index contributed by atoms with van der Waals surface area (Å²) in [6.07, 6.45) is 3.70. The smallest absolute Gasteiger partial charge is 0.219 e. The van der Waals surface area contributed by atoms with E-state index in [-0.39, 0.29) is 5.91 Å². The predicted octanol–water partition coefficient (Wildman–Crippen LogP) is 1.41. The van der Waals surface area contributed by atoms with Crippen molar-refractivity contribution in [3.8, 4) is 0 Å². The quantitative estimate of drug-likeness (QED) is 0.515. The number of amides is 1. The van der Waals surface area contributed by atoms with Gasteiger partial charge in [0.2, 0.25) is 5.91 Å². The molecule has 1 saturated heterocycles. The summed E-state index contributed by atoms with van der Waals surface area (Å²) in [6, 6.07) is 0. The van der Waals surface area contributed by atoms with Crippen molar-refractivity contribution in [2.75, 3.05) is 6.54 Å². The highest BCUT2D eigenvalue weighted by molar-refractivity contribution is 5.75. The Balaban J connectivity index is 2.16. The standard InChI is InChI=1S/C9H15NO/c1-7-6-9(7)4-3-5-10(9)8(2)11/h7H,3-6H2,1-2H3/t7-,9?/m1/s1. The summed E-state index contributed by atoms with van der Waals surface area (Å²) in [4.78, 5) is 13.3. The molecule has 1 aliphatic carbocycles. The number of hydrogen-bond donors (Lipinski definition) is 0. The minimum atomic E-state index is 0.270. The number of hydrogen-bond acceptors (Lipinski definition) is 1. The molecule has 1 amide bonds. The summed E-state index contributed by atoms with van der Waals surface area (Å²) in [5.41, 5.74) is 0.325. The van der Waals surface area contributed by atoms with Crippen molar-refractivity contribution in [1.82, 2.24) is 4.90 Å². The van der Waals surface area contributed by atoms with Crippen LogP contribution in [-0.4, -0.2) is 22.9 Å². The Kier molecular flexibility index (Phi) is 1.29. The maximum Gasteiger partial charge on any atom is 0.219 e. The zero-order valence-corrected chi connectivity index (χ0v) is 7.26. The summed E-state index contributed by atoms with van der Waals surface area (Å²) in [5.74, 6) is 1.03. The van der Waals surface area contributed by atoms with Crippen LogP contribution in [0.4, 0.5) is 0 Å². The third-order valence-electron chi connectivity index (χ3n) is 3.33. The molecule has 0 aromatic carbocycles. The van der Waals surface area contributed by atoms with E-state index in [2.05, 4.69) is 11.8 Å². The minimum Gasteiger partial charge on any atom is -0.337 e. The van der Waals surface area contributed by atoms with Gasteiger partial charge in [-0.3, -0.25) is 4.79 Å². The van der Waals surface area contributed by atoms with Gasteiger partial charge in [0.05, 0.1) is 0 Å². The van der Waals surface area contributed by atoms with E-state index in [1.54, 1.807) is 6.92 Å². The second-order valence-corrected chi connectivity index (χ2v) is 3.98. The summed E-state index contributed by atoms with van der Waals surface area (Å²) in [5, 5.41) is 0. The van der Waals surface area contributed by atoms with Gasteiger partial charge in [-0.05, 0) is 25.2 Å². The van der Waals surface area contributed by atoms with E-state index in [4.69, 9.17) is 0 Å². The molecule has 2 fully saturated rings. The summed E-state index contributed by atoms with van der Waals surface area (Å²) in [6.45, 7) is 4.94. The van der Waals surface area contributed by atoms with E-state index in [1.807, 2.05) is 0 Å². The topological polar surface area (TPSA) is 20.3 Å². The van der Waals surface area contributed by atoms with Gasteiger partial charge in [0, 0.05) is 19.0 Å². The van der Waals surface area contributed by atoms with Gasteiger partial charge in [-0.25, -0.2) is 0 Å². The Morgan fingerprint density at radius 3 is 2.64 bits per heavy atom. The third kappa shape index (κ3) is 0.815. The second kappa shape index (κ2) is 1.99. The van der Waals surface area contributed by atoms with Gasteiger partial charge >= 0.3 is 0 Å². The molecule has 0 aromatic heterocycles. The zero-order chi connectivity index (χ0) is 8.06. The normalized spacial score (nSPS) is 41.6. The van der Waals surface area contributed by atoms with Crippen molar-refractivity contribution in [3.63, 3.8) is 0 Å². The average Bonchev–Trinajstić information content (AvgIpc) is 2.45. The lowest BCUT2D eigenvalue weighted by atomic mass is 10.1. The van der Waals surface area contributed by atoms with E-state index >= 15 is 0 Å². The van der Waals surface area contributed by atoms with Crippen LogP contribution in [0, 0.1) is 5.92 Å². The maximum atomic E-state index is 11.2. The molecule has 1 spiro atoms. The molecule has 1 unspecified atom stereocenters. The van der Waals surface area contributed by atoms with Gasteiger partial charge < -0.3 is 4.90 Å². The Labute approximate surface area is 67.6 Å². The van der Waals surface area contributed by atoms with Gasteiger partial charge in [-0.2, -0.15) is 0 Å². The maximum absolute atomic E-state index is 11.2. The van der Waals surface area contributed by atoms with Crippen molar-refractivity contribution < 1.29 is 4.79 Å². The van der Waals surface area contributed by atoms with Crippen LogP contribution in [0.3, 0.4) is 0 Å². The van der Waals surface area contributed by atoms with Crippen molar-refractivity contribution >= 4 is 5.91 Å². The van der Waals surface area contributed by atoms with Crippen LogP contribution in [0.25, 0.3) is 0 Å². The Morgan fingerprint density at radius 1 is 1.64 bits per heavy atom. The molecule has 1 heterocycles. The minimum absolute atomic E-state index is 0.270. The highest BCUT2D eigenvalue weighted by Gasteiger charge is 2.58. The Morgan fingerprint density at radius 2 is 2.27 bits per heavy atom. The van der Waals surface area contributed by atoms with Crippen LogP contribution in [-0.2, 0) is 4.79 Å². The molecule has 0 aromatic rings. The molecule has 2 rings (SSSR count). The molecular weight excluding hydrogens is 138 g/mol. The van der Waals surface area contributed by atoms with Crippen LogP contribution in [0.15, 0.2) is 0 Å². The molecule has 62 valence electrons. The predicted molar refractivity (Wildman–Crippen MR) is 43.1 cm³/mol. The average molecular weight is 153 g/mol. The van der Waals surface area contributed by atoms with Crippen LogP contribution in [0.2, 0.25) is 0 Å². The van der Waals surface area contributed by atoms with Gasteiger partial charge in [0.25, 0.3) is 0 Å². The number of rotatable bonds is 0. The molecule has 2 atom stereocenters.